The molecule has 3 rings (SSSR count). The smallest absolute Gasteiger partial charge is 0.243 e. The van der Waals surface area contributed by atoms with Gasteiger partial charge in [0.05, 0.1) is 31.4 Å². The first-order valence-electron chi connectivity index (χ1n) is 10.3. The zero-order valence-electron chi connectivity index (χ0n) is 19.0. The van der Waals surface area contributed by atoms with E-state index in [1.807, 2.05) is 19.9 Å². The molecule has 2 aromatic carbocycles. The lowest BCUT2D eigenvalue weighted by atomic mass is 10.2. The van der Waals surface area contributed by atoms with E-state index in [0.29, 0.717) is 22.9 Å². The van der Waals surface area contributed by atoms with E-state index in [4.69, 9.17) is 14.2 Å². The summed E-state index contributed by atoms with van der Waals surface area (Å²) in [5.41, 5.74) is 1.35. The van der Waals surface area contributed by atoms with Crippen LogP contribution >= 0.6 is 11.3 Å². The van der Waals surface area contributed by atoms with E-state index >= 15 is 0 Å². The van der Waals surface area contributed by atoms with Gasteiger partial charge in [-0.15, -0.1) is 11.3 Å². The van der Waals surface area contributed by atoms with E-state index in [9.17, 15) is 13.5 Å². The van der Waals surface area contributed by atoms with Gasteiger partial charge in [-0.1, -0.05) is 6.07 Å². The summed E-state index contributed by atoms with van der Waals surface area (Å²) in [7, 11) is -0.653. The summed E-state index contributed by atoms with van der Waals surface area (Å²) < 4.78 is 44.5. The minimum Gasteiger partial charge on any atom is -0.497 e. The highest BCUT2D eigenvalue weighted by Crippen LogP contribution is 2.31. The number of benzene rings is 2. The van der Waals surface area contributed by atoms with E-state index in [1.165, 1.54) is 22.8 Å². The van der Waals surface area contributed by atoms with Gasteiger partial charge in [-0.25, -0.2) is 13.4 Å². The lowest BCUT2D eigenvalue weighted by Crippen LogP contribution is -2.36. The van der Waals surface area contributed by atoms with Crippen molar-refractivity contribution in [3.8, 4) is 17.2 Å². The maximum atomic E-state index is 13.3. The quantitative estimate of drug-likeness (QED) is 0.434. The number of methoxy groups -OCH3 is 2. The molecule has 0 aliphatic rings. The van der Waals surface area contributed by atoms with Gasteiger partial charge in [0.25, 0.3) is 0 Å². The van der Waals surface area contributed by atoms with Gasteiger partial charge in [-0.05, 0) is 55.8 Å². The summed E-state index contributed by atoms with van der Waals surface area (Å²) in [5.74, 6) is 1.61. The molecule has 0 fully saturated rings. The first-order chi connectivity index (χ1) is 15.8. The molecular formula is C23H28N2O6S2. The molecule has 0 aliphatic heterocycles. The van der Waals surface area contributed by atoms with Gasteiger partial charge in [0.1, 0.15) is 17.4 Å². The minimum atomic E-state index is -3.73. The van der Waals surface area contributed by atoms with Crippen molar-refractivity contribution < 1.29 is 27.7 Å². The second-order valence-corrected chi connectivity index (χ2v) is 10.3. The molecule has 0 atom stereocenters. The van der Waals surface area contributed by atoms with Gasteiger partial charge in [-0.3, -0.25) is 0 Å². The van der Waals surface area contributed by atoms with Crippen LogP contribution in [0.4, 0.5) is 0 Å². The van der Waals surface area contributed by atoms with Gasteiger partial charge < -0.3 is 19.3 Å². The van der Waals surface area contributed by atoms with Crippen LogP contribution in [0, 0.1) is 0 Å². The molecule has 0 saturated heterocycles. The molecule has 178 valence electrons. The summed E-state index contributed by atoms with van der Waals surface area (Å²) in [6.07, 6.45) is 0. The third-order valence-corrected chi connectivity index (χ3v) is 7.83. The highest BCUT2D eigenvalue weighted by Gasteiger charge is 2.27. The van der Waals surface area contributed by atoms with Crippen molar-refractivity contribution in [2.75, 3.05) is 14.2 Å². The number of aliphatic hydroxyl groups is 1. The van der Waals surface area contributed by atoms with Crippen molar-refractivity contribution in [1.82, 2.24) is 9.29 Å². The second-order valence-electron chi connectivity index (χ2n) is 7.48. The standard InChI is InChI=1S/C23H28N2O6S2/c1-16(2)25(33(27,28)20-8-6-19(29-3)7-9-20)12-17-5-10-21(30-4)22(11-17)31-14-23-24-18(13-26)15-32-23/h5-11,15-16,26H,12-14H2,1-4H3. The highest BCUT2D eigenvalue weighted by atomic mass is 32.2. The molecule has 0 saturated carbocycles. The predicted octanol–water partition coefficient (Wildman–Crippen LogP) is 3.83. The van der Waals surface area contributed by atoms with E-state index < -0.39 is 10.0 Å². The van der Waals surface area contributed by atoms with Crippen LogP contribution in [0.15, 0.2) is 52.7 Å². The van der Waals surface area contributed by atoms with Crippen LogP contribution in [-0.2, 0) is 29.8 Å². The van der Waals surface area contributed by atoms with Gasteiger partial charge in [0, 0.05) is 18.0 Å². The zero-order chi connectivity index (χ0) is 24.0. The predicted molar refractivity (Wildman–Crippen MR) is 126 cm³/mol. The number of hydrogen-bond donors (Lipinski definition) is 1. The Bertz CT molecular complexity index is 1160. The summed E-state index contributed by atoms with van der Waals surface area (Å²) in [5, 5.41) is 11.7. The molecule has 0 unspecified atom stereocenters. The maximum Gasteiger partial charge on any atom is 0.243 e. The molecule has 0 radical (unpaired) electrons. The van der Waals surface area contributed by atoms with Crippen LogP contribution in [0.25, 0.3) is 0 Å². The molecule has 0 aliphatic carbocycles. The Morgan fingerprint density at radius 3 is 2.36 bits per heavy atom. The lowest BCUT2D eigenvalue weighted by molar-refractivity contribution is 0.271. The van der Waals surface area contributed by atoms with E-state index in [1.54, 1.807) is 48.9 Å². The zero-order valence-corrected chi connectivity index (χ0v) is 20.6. The molecule has 1 N–H and O–H groups in total. The van der Waals surface area contributed by atoms with Gasteiger partial charge in [-0.2, -0.15) is 4.31 Å². The normalized spacial score (nSPS) is 11.7. The largest absolute Gasteiger partial charge is 0.497 e. The number of aromatic nitrogens is 1. The minimum absolute atomic E-state index is 0.122. The van der Waals surface area contributed by atoms with Crippen molar-refractivity contribution in [3.05, 3.63) is 64.1 Å². The summed E-state index contributed by atoms with van der Waals surface area (Å²) >= 11 is 1.40. The SMILES string of the molecule is COc1ccc(S(=O)(=O)N(Cc2ccc(OC)c(OCc3nc(CO)cs3)c2)C(C)C)cc1. The number of rotatable bonds is 11. The van der Waals surface area contributed by atoms with Crippen LogP contribution in [0.2, 0.25) is 0 Å². The number of ether oxygens (including phenoxy) is 3. The highest BCUT2D eigenvalue weighted by molar-refractivity contribution is 7.89. The molecule has 1 heterocycles. The Balaban J connectivity index is 1.83. The number of aliphatic hydroxyl groups excluding tert-OH is 1. The van der Waals surface area contributed by atoms with Crippen LogP contribution in [0.1, 0.15) is 30.1 Å². The summed E-state index contributed by atoms with van der Waals surface area (Å²) in [6, 6.07) is 11.4. The fourth-order valence-electron chi connectivity index (χ4n) is 3.17. The van der Waals surface area contributed by atoms with Crippen molar-refractivity contribution in [1.29, 1.82) is 0 Å². The Hall–Kier alpha value is -2.66. The van der Waals surface area contributed by atoms with Crippen LogP contribution in [-0.4, -0.2) is 43.1 Å². The Morgan fingerprint density at radius 1 is 1.06 bits per heavy atom. The van der Waals surface area contributed by atoms with E-state index in [-0.39, 0.29) is 30.7 Å². The van der Waals surface area contributed by atoms with E-state index in [0.717, 1.165) is 10.6 Å². The fraction of sp³-hybridized carbons (Fsp3) is 0.348. The molecule has 3 aromatic rings. The van der Waals surface area contributed by atoms with Crippen LogP contribution in [0.3, 0.4) is 0 Å². The third-order valence-electron chi connectivity index (χ3n) is 4.92. The number of thiazole rings is 1. The third kappa shape index (κ3) is 6.02. The summed E-state index contributed by atoms with van der Waals surface area (Å²) in [6.45, 7) is 3.93. The van der Waals surface area contributed by atoms with Crippen molar-refractivity contribution in [2.45, 2.75) is 44.5 Å². The number of hydrogen-bond acceptors (Lipinski definition) is 8. The molecule has 0 amide bonds. The van der Waals surface area contributed by atoms with Crippen molar-refractivity contribution >= 4 is 21.4 Å². The van der Waals surface area contributed by atoms with E-state index in [2.05, 4.69) is 4.98 Å². The van der Waals surface area contributed by atoms with Gasteiger partial charge in [0.15, 0.2) is 11.5 Å². The first kappa shape index (κ1) is 25.0. The molecule has 0 spiro atoms. The maximum absolute atomic E-state index is 13.3. The van der Waals surface area contributed by atoms with Crippen LogP contribution in [0.5, 0.6) is 17.2 Å². The molecule has 1 aromatic heterocycles. The number of nitrogens with zero attached hydrogens (tertiary/aromatic N) is 2. The monoisotopic (exact) mass is 492 g/mol. The van der Waals surface area contributed by atoms with Crippen molar-refractivity contribution in [3.63, 3.8) is 0 Å². The fourth-order valence-corrected chi connectivity index (χ4v) is 5.49. The average molecular weight is 493 g/mol. The Kier molecular flexibility index (Phi) is 8.30. The number of sulfonamides is 1. The lowest BCUT2D eigenvalue weighted by Gasteiger charge is -2.26. The molecule has 10 heteroatoms. The van der Waals surface area contributed by atoms with Gasteiger partial charge >= 0.3 is 0 Å². The molecule has 8 nitrogen and oxygen atoms in total. The Labute approximate surface area is 198 Å². The molecular weight excluding hydrogens is 464 g/mol. The second kappa shape index (κ2) is 11.0. The van der Waals surface area contributed by atoms with Gasteiger partial charge in [0.2, 0.25) is 10.0 Å². The van der Waals surface area contributed by atoms with Crippen molar-refractivity contribution in [2.24, 2.45) is 0 Å². The summed E-state index contributed by atoms with van der Waals surface area (Å²) in [4.78, 5) is 4.48. The van der Waals surface area contributed by atoms with Crippen LogP contribution < -0.4 is 14.2 Å². The molecule has 33 heavy (non-hydrogen) atoms. The Morgan fingerprint density at radius 2 is 1.79 bits per heavy atom. The topological polar surface area (TPSA) is 98.2 Å². The molecule has 0 bridgehead atoms. The average Bonchev–Trinajstić information content (AvgIpc) is 3.29. The first-order valence-corrected chi connectivity index (χ1v) is 12.6.